The molecule has 0 radical (unpaired) electrons. The Hall–Kier alpha value is -9.02. The molecule has 10 heterocycles. The van der Waals surface area contributed by atoms with Crippen molar-refractivity contribution in [1.29, 1.82) is 5.26 Å². The Morgan fingerprint density at radius 2 is 1.11 bits per heavy atom. The van der Waals surface area contributed by atoms with Gasteiger partial charge in [-0.15, -0.1) is 0 Å². The molecular weight excluding hydrogens is 1550 g/mol. The van der Waals surface area contributed by atoms with Crippen molar-refractivity contribution in [1.82, 2.24) is 78.2 Å². The van der Waals surface area contributed by atoms with Crippen LogP contribution in [0.1, 0.15) is 237 Å². The summed E-state index contributed by atoms with van der Waals surface area (Å²) in [4.78, 5) is 62.6. The van der Waals surface area contributed by atoms with Gasteiger partial charge in [-0.2, -0.15) is 5.26 Å². The Labute approximate surface area is 723 Å². The van der Waals surface area contributed by atoms with Gasteiger partial charge >= 0.3 is 0 Å². The molecule has 11 aromatic rings. The average molecular weight is 1680 g/mol. The minimum absolute atomic E-state index is 0.0686. The maximum Gasteiger partial charge on any atom is 0.165 e. The minimum Gasteiger partial charge on any atom is -0.398 e. The van der Waals surface area contributed by atoms with Gasteiger partial charge in [0.05, 0.1) is 62.9 Å². The summed E-state index contributed by atoms with van der Waals surface area (Å²) in [5, 5.41) is 77.1. The number of ether oxygens (including phenoxy) is 2. The number of hydrogen-bond donors (Lipinski definition) is 9. The number of aliphatic hydroxyl groups excluding tert-OH is 6. The number of ketones is 1. The van der Waals surface area contributed by atoms with Gasteiger partial charge < -0.3 is 64.9 Å². The molecule has 27 heteroatoms. The molecule has 123 heavy (non-hydrogen) atoms. The number of pyridine rings is 1. The number of carbonyl (C=O) groups excluding carboxylic acids is 1. The van der Waals surface area contributed by atoms with Crippen molar-refractivity contribution in [2.24, 2.45) is 17.8 Å². The summed E-state index contributed by atoms with van der Waals surface area (Å²) >= 11 is 0. The van der Waals surface area contributed by atoms with Gasteiger partial charge in [0.2, 0.25) is 0 Å². The lowest BCUT2D eigenvalue weighted by molar-refractivity contribution is -0.118. The van der Waals surface area contributed by atoms with Gasteiger partial charge in [-0.3, -0.25) is 24.1 Å². The predicted molar refractivity (Wildman–Crippen MR) is 480 cm³/mol. The first kappa shape index (κ1) is 90.2. The van der Waals surface area contributed by atoms with Crippen LogP contribution in [0.2, 0.25) is 0 Å². The predicted octanol–water partition coefficient (Wildman–Crippen LogP) is 13.5. The van der Waals surface area contributed by atoms with E-state index in [4.69, 9.17) is 25.2 Å². The van der Waals surface area contributed by atoms with Gasteiger partial charge in [-0.25, -0.2) is 39.9 Å². The largest absolute Gasteiger partial charge is 0.398 e. The third-order valence-corrected chi connectivity index (χ3v) is 26.9. The molecule has 8 aromatic heterocycles. The number of nitrogens with one attached hydrogen (secondary N) is 2. The normalized spacial score (nSPS) is 25.0. The second kappa shape index (κ2) is 37.3. The Balaban J connectivity index is 0.000000151. The Morgan fingerprint density at radius 3 is 1.67 bits per heavy atom. The zero-order chi connectivity index (χ0) is 88.0. The molecule has 3 aliphatic carbocycles. The fraction of sp³-hybridized carbons (Fsp3) is 0.583. The molecule has 2 saturated heterocycles. The van der Waals surface area contributed by atoms with Crippen LogP contribution in [0.25, 0.3) is 55.3 Å². The number of unbranched alkanes of at least 4 members (excludes halogenated alkanes) is 1. The van der Waals surface area contributed by atoms with Crippen LogP contribution in [0.4, 0.5) is 5.69 Å². The number of imidazole rings is 3. The van der Waals surface area contributed by atoms with Crippen molar-refractivity contribution in [3.8, 4) is 6.07 Å². The van der Waals surface area contributed by atoms with Gasteiger partial charge in [-0.1, -0.05) is 98.7 Å². The molecule has 0 bridgehead atoms. The molecule has 2 aliphatic heterocycles. The number of aryl methyl sites for hydroxylation is 4. The van der Waals surface area contributed by atoms with Crippen LogP contribution in [-0.4, -0.2) is 220 Å². The molecule has 16 rings (SSSR count). The number of carbonyl (C=O) groups is 1. The second-order valence-corrected chi connectivity index (χ2v) is 39.7. The van der Waals surface area contributed by atoms with E-state index in [1.54, 1.807) is 40.1 Å². The zero-order valence-corrected chi connectivity index (χ0v) is 75.1. The van der Waals surface area contributed by atoms with Crippen molar-refractivity contribution >= 4 is 66.8 Å². The third kappa shape index (κ3) is 20.0. The smallest absolute Gasteiger partial charge is 0.165 e. The van der Waals surface area contributed by atoms with Crippen LogP contribution in [0.15, 0.2) is 110 Å². The summed E-state index contributed by atoms with van der Waals surface area (Å²) in [7, 11) is 0. The number of Topliss-reactive ketones (excluding diaryl/α,β-unsaturated/α-hetero) is 1. The Bertz CT molecular complexity index is 5480. The molecule has 0 spiro atoms. The van der Waals surface area contributed by atoms with Crippen LogP contribution in [-0.2, 0) is 49.8 Å². The van der Waals surface area contributed by atoms with Gasteiger partial charge in [0.1, 0.15) is 95.7 Å². The number of nitrogens with two attached hydrogens (primary N) is 1. The monoisotopic (exact) mass is 1680 g/mol. The van der Waals surface area contributed by atoms with E-state index in [9.17, 15) is 40.7 Å². The number of benzene rings is 3. The Kier molecular flexibility index (Phi) is 27.3. The fourth-order valence-corrected chi connectivity index (χ4v) is 19.1. The molecule has 10 N–H and O–H groups in total. The molecule has 3 aromatic carbocycles. The van der Waals surface area contributed by atoms with Gasteiger partial charge in [-0.05, 0) is 206 Å². The lowest BCUT2D eigenvalue weighted by atomic mass is 9.76. The maximum absolute atomic E-state index is 12.6. The number of nitrogen functional groups attached to an aromatic ring is 1. The minimum atomic E-state index is -1.09. The van der Waals surface area contributed by atoms with Crippen LogP contribution in [0.3, 0.4) is 0 Å². The van der Waals surface area contributed by atoms with E-state index in [-0.39, 0.29) is 40.0 Å². The number of nitriles is 1. The zero-order valence-electron chi connectivity index (χ0n) is 75.1. The van der Waals surface area contributed by atoms with Crippen LogP contribution in [0.5, 0.6) is 0 Å². The number of nitrogens with zero attached hydrogens (tertiary/aromatic N) is 15. The molecule has 3 saturated carbocycles. The molecule has 12 atom stereocenters. The van der Waals surface area contributed by atoms with Gasteiger partial charge in [0, 0.05) is 111 Å². The molecule has 3 unspecified atom stereocenters. The van der Waals surface area contributed by atoms with Crippen molar-refractivity contribution in [3.05, 3.63) is 161 Å². The quantitative estimate of drug-likeness (QED) is 0.0216. The van der Waals surface area contributed by atoms with E-state index in [1.807, 2.05) is 24.5 Å². The van der Waals surface area contributed by atoms with E-state index in [0.29, 0.717) is 102 Å². The highest BCUT2D eigenvalue weighted by atomic mass is 16.6. The SMILES string of the molecule is CC(C)N(CCCCC(=O)Cc1ccc(C(C)(C)C)cc1)C[C@H]1O[C@@H](n2ccc3c(N)ccnc32)[C@@H](O)C1O.Cc1ncnc2c1c(C#N)cn2[C@@H]1C[C@H](CN(C(C)C)C2CC(CCc3nc4ccc(C(C)(C)C)cc4[nH]3)C2)[C@@H](O)[C@H]1O.Cc1ncnc2c1ncn2C1OC(CN(C(C)C)C2CC(CCc3nc4ccc(C(C)(C)C)cc4[nH]3)C2)[C@@H](O)[C@@H]1O. The second-order valence-electron chi connectivity index (χ2n) is 39.7. The first-order valence-electron chi connectivity index (χ1n) is 44.7. The molecule has 660 valence electrons. The molecule has 5 aliphatic rings. The summed E-state index contributed by atoms with van der Waals surface area (Å²) in [6.07, 6.45) is 13.2. The van der Waals surface area contributed by atoms with E-state index in [2.05, 4.69) is 225 Å². The summed E-state index contributed by atoms with van der Waals surface area (Å²) in [6.45, 7) is 39.3. The summed E-state index contributed by atoms with van der Waals surface area (Å²) in [5.74, 6) is 3.62. The van der Waals surface area contributed by atoms with Crippen LogP contribution < -0.4 is 5.73 Å². The lowest BCUT2D eigenvalue weighted by Gasteiger charge is -2.46. The standard InChI is InChI=1S/C34H45N7O2.C31H43N7O3.C31H44N4O4/c1-19(2)40(25-11-21(12-25)7-10-29-38-26-9-8-24(34(4,5)6)14-27(26)39-29)16-22-13-28(32(43)31(22)42)41-17-23(15-35)30-20(3)36-18-37-33(30)41;1-17(2)37(14-24-27(39)28(40)30(41-24)38-16-34-26-18(3)32-15-33-29(26)38)21-11-19(12-21)7-10-25-35-22-9-8-20(31(4,5)6)13-23(22)36-25;1-20(2)34(16-7-6-8-23(36)18-21-9-11-22(12-10-21)31(3,4)5)19-26-27(37)28(38)30(39-26)35-17-14-24-25(32)13-15-33-29(24)35/h8-9,14,17-19,21-22,25,28,31-32,42-43H,7,10-13,16H2,1-6H3,(H,38,39);8-9,13,15-17,19,21,24,27-28,30,39-40H,7,10-12,14H2,1-6H3,(H,35,36);9-15,17,20,26-28,30,37-38H,6-8,16,18-19H2,1-5H3,(H2,32,33)/t21?,22-,25?,28-,31-,32+;19?,21?,24?,27-,28+,30?;26-,27?,28+,30-/m111/s1. The molecule has 5 fully saturated rings. The highest BCUT2D eigenvalue weighted by molar-refractivity contribution is 5.88. The number of aliphatic hydroxyl groups is 6. The summed E-state index contributed by atoms with van der Waals surface area (Å²) < 4.78 is 17.8. The number of hydrogen-bond acceptors (Lipinski definition) is 22. The number of aromatic nitrogens is 13. The number of H-pyrrole nitrogens is 2. The maximum atomic E-state index is 12.6. The van der Waals surface area contributed by atoms with Crippen molar-refractivity contribution in [3.63, 3.8) is 0 Å². The number of aromatic amines is 2. The third-order valence-electron chi connectivity index (χ3n) is 26.9. The Morgan fingerprint density at radius 1 is 0.577 bits per heavy atom. The number of anilines is 1. The highest BCUT2D eigenvalue weighted by Crippen LogP contribution is 2.44. The lowest BCUT2D eigenvalue weighted by Crippen LogP contribution is -2.52. The van der Waals surface area contributed by atoms with E-state index in [0.717, 1.165) is 139 Å². The molecule has 27 nitrogen and oxygen atoms in total. The topological polar surface area (TPSA) is 366 Å². The molecular formula is C96H132N18O9. The van der Waals surface area contributed by atoms with E-state index in [1.165, 1.54) is 29.3 Å². The van der Waals surface area contributed by atoms with Crippen molar-refractivity contribution < 1.29 is 44.9 Å². The first-order chi connectivity index (χ1) is 58.4. The van der Waals surface area contributed by atoms with Crippen molar-refractivity contribution in [2.75, 3.05) is 31.9 Å². The summed E-state index contributed by atoms with van der Waals surface area (Å²) in [6, 6.07) is 28.7. The number of rotatable bonds is 27. The van der Waals surface area contributed by atoms with Crippen molar-refractivity contribution in [2.45, 2.75) is 315 Å². The summed E-state index contributed by atoms with van der Waals surface area (Å²) in [5.41, 5.74) is 20.8. The van der Waals surface area contributed by atoms with E-state index >= 15 is 0 Å². The van der Waals surface area contributed by atoms with Crippen LogP contribution >= 0.6 is 0 Å². The van der Waals surface area contributed by atoms with Gasteiger partial charge in [0.25, 0.3) is 0 Å². The van der Waals surface area contributed by atoms with Gasteiger partial charge in [0.15, 0.2) is 18.1 Å². The van der Waals surface area contributed by atoms with E-state index < -0.39 is 61.3 Å². The number of fused-ring (bicyclic) bond motifs is 5. The molecule has 0 amide bonds. The van der Waals surface area contributed by atoms with Crippen LogP contribution in [0, 0.1) is 42.9 Å². The fourth-order valence-electron chi connectivity index (χ4n) is 19.1. The highest BCUT2D eigenvalue weighted by Gasteiger charge is 2.49. The average Bonchev–Trinajstić information content (AvgIpc) is 1.47. The first-order valence-corrected chi connectivity index (χ1v) is 44.7.